The number of amides is 1. The molecule has 0 N–H and O–H groups in total. The van der Waals surface area contributed by atoms with Crippen LogP contribution in [0, 0.1) is 0 Å². The van der Waals surface area contributed by atoms with Crippen LogP contribution in [0.15, 0.2) is 76.5 Å². The third kappa shape index (κ3) is 7.06. The van der Waals surface area contributed by atoms with Crippen molar-refractivity contribution in [2.45, 2.75) is 75.0 Å². The Hall–Kier alpha value is -3.44. The minimum atomic E-state index is -3.68. The lowest BCUT2D eigenvalue weighted by Crippen LogP contribution is -2.57. The van der Waals surface area contributed by atoms with Crippen molar-refractivity contribution in [2.75, 3.05) is 52.6 Å². The quantitative estimate of drug-likeness (QED) is 0.284. The number of benzene rings is 3. The van der Waals surface area contributed by atoms with Crippen LogP contribution in [0.25, 0.3) is 0 Å². The molecule has 10 heteroatoms. The first-order valence-electron chi connectivity index (χ1n) is 17.0. The van der Waals surface area contributed by atoms with Crippen molar-refractivity contribution >= 4 is 15.7 Å². The molecule has 252 valence electrons. The molecule has 3 aromatic carbocycles. The molecule has 2 fully saturated rings. The summed E-state index contributed by atoms with van der Waals surface area (Å²) >= 11 is 0. The third-order valence-electron chi connectivity index (χ3n) is 10.3. The van der Waals surface area contributed by atoms with E-state index in [1.807, 2.05) is 30.3 Å². The predicted molar refractivity (Wildman–Crippen MR) is 183 cm³/mol. The number of hydrogen-bond acceptors (Lipinski definition) is 8. The standard InChI is InChI=1S/C37H48N4O5S/c1-5-38(6-2)25-30-9-7-8-10-34(30)37(42)39-19-17-31(18-20-39)40-21-22-41(27(3)24-40)28(4)29-11-13-32(14-12-29)47(43,44)33-15-16-35-36(23-33)46-26-45-35/h7-16,23,27-28,31H,5-6,17-22,24-26H2,1-4H3/t27-,28+/m1/s1. The van der Waals surface area contributed by atoms with Crippen LogP contribution in [0.3, 0.4) is 0 Å². The van der Waals surface area contributed by atoms with Crippen LogP contribution in [-0.4, -0.2) is 98.6 Å². The Labute approximate surface area is 280 Å². The van der Waals surface area contributed by atoms with Gasteiger partial charge in [0.2, 0.25) is 16.6 Å². The van der Waals surface area contributed by atoms with Gasteiger partial charge in [0.1, 0.15) is 0 Å². The third-order valence-corrected chi connectivity index (χ3v) is 12.1. The SMILES string of the molecule is CCN(CC)Cc1ccccc1C(=O)N1CCC(N2CCN([C@@H](C)c3ccc(S(=O)(=O)c4ccc5c(c4)OCO5)cc3)[C@H](C)C2)CC1. The summed E-state index contributed by atoms with van der Waals surface area (Å²) in [5, 5.41) is 0. The first kappa shape index (κ1) is 33.5. The van der Waals surface area contributed by atoms with E-state index in [2.05, 4.69) is 53.4 Å². The van der Waals surface area contributed by atoms with Crippen LogP contribution in [0.5, 0.6) is 11.5 Å². The van der Waals surface area contributed by atoms with Crippen molar-refractivity contribution in [3.05, 3.63) is 83.4 Å². The summed E-state index contributed by atoms with van der Waals surface area (Å²) in [6.07, 6.45) is 1.98. The van der Waals surface area contributed by atoms with Gasteiger partial charge < -0.3 is 14.4 Å². The van der Waals surface area contributed by atoms with Crippen molar-refractivity contribution in [1.82, 2.24) is 19.6 Å². The monoisotopic (exact) mass is 660 g/mol. The fourth-order valence-electron chi connectivity index (χ4n) is 7.36. The van der Waals surface area contributed by atoms with Crippen LogP contribution in [0.4, 0.5) is 0 Å². The van der Waals surface area contributed by atoms with Crippen LogP contribution >= 0.6 is 0 Å². The molecule has 0 spiro atoms. The highest BCUT2D eigenvalue weighted by molar-refractivity contribution is 7.91. The van der Waals surface area contributed by atoms with Crippen LogP contribution < -0.4 is 9.47 Å². The van der Waals surface area contributed by atoms with Gasteiger partial charge >= 0.3 is 0 Å². The maximum atomic E-state index is 13.6. The number of hydrogen-bond donors (Lipinski definition) is 0. The fraction of sp³-hybridized carbons (Fsp3) is 0.486. The highest BCUT2D eigenvalue weighted by Crippen LogP contribution is 2.36. The lowest BCUT2D eigenvalue weighted by atomic mass is 9.98. The molecule has 47 heavy (non-hydrogen) atoms. The number of piperazine rings is 1. The molecule has 6 rings (SSSR count). The van der Waals surface area contributed by atoms with Crippen LogP contribution in [-0.2, 0) is 16.4 Å². The number of carbonyl (C=O) groups is 1. The van der Waals surface area contributed by atoms with Crippen molar-refractivity contribution in [3.63, 3.8) is 0 Å². The van der Waals surface area contributed by atoms with E-state index in [0.717, 1.165) is 81.9 Å². The zero-order chi connectivity index (χ0) is 33.1. The summed E-state index contributed by atoms with van der Waals surface area (Å²) in [5.74, 6) is 1.18. The molecule has 0 aliphatic carbocycles. The Morgan fingerprint density at radius 2 is 1.57 bits per heavy atom. The molecule has 9 nitrogen and oxygen atoms in total. The summed E-state index contributed by atoms with van der Waals surface area (Å²) in [6, 6.07) is 21.1. The second-order valence-electron chi connectivity index (χ2n) is 13.0. The van der Waals surface area contributed by atoms with E-state index in [9.17, 15) is 13.2 Å². The average Bonchev–Trinajstić information content (AvgIpc) is 3.59. The number of carbonyl (C=O) groups excluding carboxylic acids is 1. The van der Waals surface area contributed by atoms with Crippen molar-refractivity contribution in [1.29, 1.82) is 0 Å². The molecular weight excluding hydrogens is 612 g/mol. The first-order chi connectivity index (χ1) is 22.7. The maximum absolute atomic E-state index is 13.6. The van der Waals surface area contributed by atoms with E-state index in [0.29, 0.717) is 23.6 Å². The molecule has 2 saturated heterocycles. The molecule has 0 saturated carbocycles. The molecule has 0 radical (unpaired) electrons. The van der Waals surface area contributed by atoms with Gasteiger partial charge in [-0.2, -0.15) is 0 Å². The van der Waals surface area contributed by atoms with E-state index >= 15 is 0 Å². The van der Waals surface area contributed by atoms with E-state index < -0.39 is 9.84 Å². The van der Waals surface area contributed by atoms with Gasteiger partial charge in [-0.05, 0) is 81.2 Å². The van der Waals surface area contributed by atoms with Gasteiger partial charge in [0, 0.05) is 69.0 Å². The largest absolute Gasteiger partial charge is 0.454 e. The molecule has 0 unspecified atom stereocenters. The van der Waals surface area contributed by atoms with Gasteiger partial charge in [0.25, 0.3) is 5.91 Å². The van der Waals surface area contributed by atoms with Gasteiger partial charge in [-0.15, -0.1) is 0 Å². The highest BCUT2D eigenvalue weighted by atomic mass is 32.2. The minimum absolute atomic E-state index is 0.103. The Morgan fingerprint density at radius 3 is 2.28 bits per heavy atom. The summed E-state index contributed by atoms with van der Waals surface area (Å²) in [5.41, 5.74) is 3.05. The summed E-state index contributed by atoms with van der Waals surface area (Å²) in [4.78, 5) is 23.6. The van der Waals surface area contributed by atoms with E-state index in [1.54, 1.807) is 24.3 Å². The molecule has 3 aliphatic heterocycles. The number of fused-ring (bicyclic) bond motifs is 1. The number of piperidine rings is 1. The molecule has 3 heterocycles. The number of rotatable bonds is 10. The van der Waals surface area contributed by atoms with Gasteiger partial charge in [-0.25, -0.2) is 8.42 Å². The molecule has 3 aromatic rings. The molecule has 2 atom stereocenters. The van der Waals surface area contributed by atoms with Crippen LogP contribution in [0.2, 0.25) is 0 Å². The lowest BCUT2D eigenvalue weighted by Gasteiger charge is -2.47. The molecular formula is C37H48N4O5S. The fourth-order valence-corrected chi connectivity index (χ4v) is 8.64. The second-order valence-corrected chi connectivity index (χ2v) is 14.9. The van der Waals surface area contributed by atoms with Crippen LogP contribution in [0.1, 0.15) is 68.1 Å². The van der Waals surface area contributed by atoms with Gasteiger partial charge in [-0.1, -0.05) is 44.2 Å². The molecule has 3 aliphatic rings. The number of likely N-dealkylation sites (tertiary alicyclic amines) is 1. The van der Waals surface area contributed by atoms with Gasteiger partial charge in [0.15, 0.2) is 11.5 Å². The van der Waals surface area contributed by atoms with E-state index in [4.69, 9.17) is 9.47 Å². The Balaban J connectivity index is 1.03. The summed E-state index contributed by atoms with van der Waals surface area (Å²) in [7, 11) is -3.68. The highest BCUT2D eigenvalue weighted by Gasteiger charge is 2.34. The Morgan fingerprint density at radius 1 is 0.894 bits per heavy atom. The Bertz CT molecular complexity index is 1650. The van der Waals surface area contributed by atoms with Crippen molar-refractivity contribution in [3.8, 4) is 11.5 Å². The van der Waals surface area contributed by atoms with Crippen molar-refractivity contribution < 1.29 is 22.7 Å². The topological polar surface area (TPSA) is 82.6 Å². The zero-order valence-corrected chi connectivity index (χ0v) is 28.9. The predicted octanol–water partition coefficient (Wildman–Crippen LogP) is 5.46. The Kier molecular flexibility index (Phi) is 10.2. The molecule has 0 bridgehead atoms. The number of ether oxygens (including phenoxy) is 2. The normalized spacial score (nSPS) is 20.1. The molecule has 1 amide bonds. The first-order valence-corrected chi connectivity index (χ1v) is 18.5. The maximum Gasteiger partial charge on any atom is 0.254 e. The zero-order valence-electron chi connectivity index (χ0n) is 28.1. The molecule has 0 aromatic heterocycles. The number of sulfone groups is 1. The second kappa shape index (κ2) is 14.4. The smallest absolute Gasteiger partial charge is 0.254 e. The van der Waals surface area contributed by atoms with Gasteiger partial charge in [-0.3, -0.25) is 19.5 Å². The van der Waals surface area contributed by atoms with E-state index in [1.165, 1.54) is 6.07 Å². The number of nitrogens with zero attached hydrogens (tertiary/aromatic N) is 4. The summed E-state index contributed by atoms with van der Waals surface area (Å²) in [6.45, 7) is 16.1. The van der Waals surface area contributed by atoms with Crippen molar-refractivity contribution in [2.24, 2.45) is 0 Å². The summed E-state index contributed by atoms with van der Waals surface area (Å²) < 4.78 is 37.4. The van der Waals surface area contributed by atoms with E-state index in [-0.39, 0.29) is 28.5 Å². The lowest BCUT2D eigenvalue weighted by molar-refractivity contribution is 0.0135. The minimum Gasteiger partial charge on any atom is -0.454 e. The van der Waals surface area contributed by atoms with Gasteiger partial charge in [0.05, 0.1) is 9.79 Å². The average molecular weight is 661 g/mol.